The number of nitrogens with one attached hydrogen (secondary N) is 1. The summed E-state index contributed by atoms with van der Waals surface area (Å²) in [6.45, 7) is 0. The third kappa shape index (κ3) is 3.12. The second-order valence-electron chi connectivity index (χ2n) is 4.54. The summed E-state index contributed by atoms with van der Waals surface area (Å²) in [6, 6.07) is 17.4. The SMILES string of the molecule is O=C(NN=Cc1ccc2ccccc2c1)c1ccncc1. The van der Waals surface area contributed by atoms with E-state index >= 15 is 0 Å². The number of carbonyl (C=O) groups excluding carboxylic acids is 1. The van der Waals surface area contributed by atoms with Gasteiger partial charge in [0.15, 0.2) is 0 Å². The molecule has 4 heteroatoms. The van der Waals surface area contributed by atoms with E-state index in [9.17, 15) is 4.79 Å². The van der Waals surface area contributed by atoms with E-state index in [-0.39, 0.29) is 5.91 Å². The number of nitrogens with zero attached hydrogens (tertiary/aromatic N) is 2. The number of benzene rings is 2. The van der Waals surface area contributed by atoms with Crippen molar-refractivity contribution >= 4 is 22.9 Å². The van der Waals surface area contributed by atoms with Crippen molar-refractivity contribution in [2.75, 3.05) is 0 Å². The fourth-order valence-electron chi connectivity index (χ4n) is 2.02. The molecule has 0 atom stereocenters. The molecule has 0 fully saturated rings. The van der Waals surface area contributed by atoms with E-state index in [2.05, 4.69) is 21.6 Å². The molecule has 1 N–H and O–H groups in total. The van der Waals surface area contributed by atoms with Crippen molar-refractivity contribution in [3.63, 3.8) is 0 Å². The highest BCUT2D eigenvalue weighted by Crippen LogP contribution is 2.14. The zero-order chi connectivity index (χ0) is 14.5. The Labute approximate surface area is 122 Å². The highest BCUT2D eigenvalue weighted by molar-refractivity contribution is 5.95. The molecule has 21 heavy (non-hydrogen) atoms. The van der Waals surface area contributed by atoms with E-state index in [1.54, 1.807) is 30.7 Å². The Bertz CT molecular complexity index is 797. The van der Waals surface area contributed by atoms with Crippen LogP contribution in [0.2, 0.25) is 0 Å². The fraction of sp³-hybridized carbons (Fsp3) is 0. The molecule has 4 nitrogen and oxygen atoms in total. The maximum absolute atomic E-state index is 11.8. The summed E-state index contributed by atoms with van der Waals surface area (Å²) < 4.78 is 0. The van der Waals surface area contributed by atoms with Crippen LogP contribution in [-0.2, 0) is 0 Å². The number of fused-ring (bicyclic) bond motifs is 1. The van der Waals surface area contributed by atoms with Gasteiger partial charge in [0.1, 0.15) is 0 Å². The van der Waals surface area contributed by atoms with Gasteiger partial charge in [-0.1, -0.05) is 36.4 Å². The normalized spacial score (nSPS) is 10.9. The Hall–Kier alpha value is -3.01. The predicted molar refractivity (Wildman–Crippen MR) is 83.2 cm³/mol. The van der Waals surface area contributed by atoms with Gasteiger partial charge in [-0.05, 0) is 34.5 Å². The first kappa shape index (κ1) is 13.0. The van der Waals surface area contributed by atoms with Gasteiger partial charge in [0.2, 0.25) is 0 Å². The minimum atomic E-state index is -0.255. The molecular weight excluding hydrogens is 262 g/mol. The van der Waals surface area contributed by atoms with Gasteiger partial charge < -0.3 is 0 Å². The molecule has 0 aliphatic heterocycles. The predicted octanol–water partition coefficient (Wildman–Crippen LogP) is 3.00. The summed E-state index contributed by atoms with van der Waals surface area (Å²) in [5.41, 5.74) is 3.96. The van der Waals surface area contributed by atoms with Gasteiger partial charge in [-0.25, -0.2) is 5.43 Å². The Morgan fingerprint density at radius 3 is 2.57 bits per heavy atom. The summed E-state index contributed by atoms with van der Waals surface area (Å²) in [5, 5.41) is 6.30. The second kappa shape index (κ2) is 5.96. The van der Waals surface area contributed by atoms with Crippen LogP contribution in [-0.4, -0.2) is 17.1 Å². The first-order chi connectivity index (χ1) is 10.3. The zero-order valence-corrected chi connectivity index (χ0v) is 11.2. The third-order valence-electron chi connectivity index (χ3n) is 3.10. The van der Waals surface area contributed by atoms with E-state index in [1.165, 1.54) is 5.39 Å². The van der Waals surface area contributed by atoms with Gasteiger partial charge in [0, 0.05) is 18.0 Å². The summed E-state index contributed by atoms with van der Waals surface area (Å²) in [6.07, 6.45) is 4.77. The van der Waals surface area contributed by atoms with Crippen LogP contribution < -0.4 is 5.43 Å². The highest BCUT2D eigenvalue weighted by Gasteiger charge is 2.01. The minimum Gasteiger partial charge on any atom is -0.267 e. The Balaban J connectivity index is 1.71. The number of hydrogen-bond acceptors (Lipinski definition) is 3. The van der Waals surface area contributed by atoms with Crippen molar-refractivity contribution in [3.8, 4) is 0 Å². The molecule has 0 saturated carbocycles. The first-order valence-corrected chi connectivity index (χ1v) is 6.55. The van der Waals surface area contributed by atoms with Crippen LogP contribution in [0.5, 0.6) is 0 Å². The summed E-state index contributed by atoms with van der Waals surface area (Å²) >= 11 is 0. The van der Waals surface area contributed by atoms with Crippen molar-refractivity contribution in [2.24, 2.45) is 5.10 Å². The number of amides is 1. The van der Waals surface area contributed by atoms with E-state index in [4.69, 9.17) is 0 Å². The molecule has 0 spiro atoms. The van der Waals surface area contributed by atoms with E-state index in [1.807, 2.05) is 36.4 Å². The summed E-state index contributed by atoms with van der Waals surface area (Å²) in [4.78, 5) is 15.7. The first-order valence-electron chi connectivity index (χ1n) is 6.55. The van der Waals surface area contributed by atoms with Crippen LogP contribution in [0.1, 0.15) is 15.9 Å². The minimum absolute atomic E-state index is 0.255. The lowest BCUT2D eigenvalue weighted by Gasteiger charge is -2.00. The molecule has 0 saturated heterocycles. The van der Waals surface area contributed by atoms with Crippen LogP contribution in [0, 0.1) is 0 Å². The van der Waals surface area contributed by atoms with Crippen LogP contribution in [0.3, 0.4) is 0 Å². The molecular formula is C17H13N3O. The van der Waals surface area contributed by atoms with Crippen LogP contribution in [0.15, 0.2) is 72.1 Å². The third-order valence-corrected chi connectivity index (χ3v) is 3.10. The lowest BCUT2D eigenvalue weighted by molar-refractivity contribution is 0.0955. The lowest BCUT2D eigenvalue weighted by Crippen LogP contribution is -2.17. The van der Waals surface area contributed by atoms with Crippen molar-refractivity contribution < 1.29 is 4.79 Å². The number of aromatic nitrogens is 1. The lowest BCUT2D eigenvalue weighted by atomic mass is 10.1. The second-order valence-corrected chi connectivity index (χ2v) is 4.54. The van der Waals surface area contributed by atoms with Crippen molar-refractivity contribution in [2.45, 2.75) is 0 Å². The van der Waals surface area contributed by atoms with E-state index < -0.39 is 0 Å². The average molecular weight is 275 g/mol. The molecule has 0 aliphatic carbocycles. The quantitative estimate of drug-likeness (QED) is 0.590. The zero-order valence-electron chi connectivity index (χ0n) is 11.2. The molecule has 0 radical (unpaired) electrons. The Kier molecular flexibility index (Phi) is 3.69. The molecule has 1 aromatic heterocycles. The topological polar surface area (TPSA) is 54.4 Å². The Morgan fingerprint density at radius 2 is 1.76 bits per heavy atom. The Morgan fingerprint density at radius 1 is 1.00 bits per heavy atom. The number of hydrogen-bond donors (Lipinski definition) is 1. The molecule has 1 amide bonds. The largest absolute Gasteiger partial charge is 0.271 e. The van der Waals surface area contributed by atoms with Gasteiger partial charge in [-0.3, -0.25) is 9.78 Å². The van der Waals surface area contributed by atoms with E-state index in [0.717, 1.165) is 10.9 Å². The smallest absolute Gasteiger partial charge is 0.267 e. The van der Waals surface area contributed by atoms with Gasteiger partial charge in [0.05, 0.1) is 6.21 Å². The van der Waals surface area contributed by atoms with Crippen LogP contribution >= 0.6 is 0 Å². The van der Waals surface area contributed by atoms with Crippen molar-refractivity contribution in [1.29, 1.82) is 0 Å². The van der Waals surface area contributed by atoms with Crippen molar-refractivity contribution in [1.82, 2.24) is 10.4 Å². The van der Waals surface area contributed by atoms with Gasteiger partial charge in [0.25, 0.3) is 5.91 Å². The average Bonchev–Trinajstić information content (AvgIpc) is 2.55. The monoisotopic (exact) mass is 275 g/mol. The van der Waals surface area contributed by atoms with Gasteiger partial charge in [-0.15, -0.1) is 0 Å². The number of rotatable bonds is 3. The molecule has 3 aromatic rings. The highest BCUT2D eigenvalue weighted by atomic mass is 16.2. The van der Waals surface area contributed by atoms with Gasteiger partial charge >= 0.3 is 0 Å². The molecule has 0 unspecified atom stereocenters. The standard InChI is InChI=1S/C17H13N3O/c21-17(15-7-9-18-10-8-15)20-19-12-13-5-6-14-3-1-2-4-16(14)11-13/h1-12H,(H,20,21). The maximum atomic E-state index is 11.8. The summed E-state index contributed by atoms with van der Waals surface area (Å²) in [5.74, 6) is -0.255. The van der Waals surface area contributed by atoms with Crippen molar-refractivity contribution in [3.05, 3.63) is 78.1 Å². The van der Waals surface area contributed by atoms with Gasteiger partial charge in [-0.2, -0.15) is 5.10 Å². The molecule has 2 aromatic carbocycles. The number of pyridine rings is 1. The molecule has 0 bridgehead atoms. The number of hydrazone groups is 1. The molecule has 1 heterocycles. The number of carbonyl (C=O) groups is 1. The fourth-order valence-corrected chi connectivity index (χ4v) is 2.02. The van der Waals surface area contributed by atoms with Crippen LogP contribution in [0.4, 0.5) is 0 Å². The molecule has 3 rings (SSSR count). The molecule has 102 valence electrons. The maximum Gasteiger partial charge on any atom is 0.271 e. The summed E-state index contributed by atoms with van der Waals surface area (Å²) in [7, 11) is 0. The van der Waals surface area contributed by atoms with Crippen LogP contribution in [0.25, 0.3) is 10.8 Å². The van der Waals surface area contributed by atoms with E-state index in [0.29, 0.717) is 5.56 Å². The molecule has 0 aliphatic rings.